The maximum Gasteiger partial charge on any atom is 0.164 e. The van der Waals surface area contributed by atoms with Crippen molar-refractivity contribution in [1.82, 2.24) is 19.9 Å². The lowest BCUT2D eigenvalue weighted by atomic mass is 9.80. The topological polar surface area (TPSA) is 51.6 Å². The predicted octanol–water partition coefficient (Wildman–Crippen LogP) is 15.0. The summed E-state index contributed by atoms with van der Waals surface area (Å²) in [5.41, 5.74) is 14.3. The highest BCUT2D eigenvalue weighted by molar-refractivity contribution is 6.09. The molecular formula is C59H40N4. The van der Waals surface area contributed by atoms with Gasteiger partial charge in [0.1, 0.15) is 0 Å². The van der Waals surface area contributed by atoms with Crippen LogP contribution in [0.5, 0.6) is 0 Å². The van der Waals surface area contributed by atoms with Crippen molar-refractivity contribution >= 4 is 32.3 Å². The summed E-state index contributed by atoms with van der Waals surface area (Å²) in [7, 11) is 0. The van der Waals surface area contributed by atoms with E-state index in [0.717, 1.165) is 55.4 Å². The molecule has 0 bridgehead atoms. The molecule has 0 saturated heterocycles. The van der Waals surface area contributed by atoms with Crippen molar-refractivity contribution < 1.29 is 0 Å². The van der Waals surface area contributed by atoms with Gasteiger partial charge in [0.05, 0.1) is 5.69 Å². The zero-order valence-corrected chi connectivity index (χ0v) is 34.9. The lowest BCUT2D eigenvalue weighted by Gasteiger charge is -2.23. The van der Waals surface area contributed by atoms with Gasteiger partial charge in [0.25, 0.3) is 0 Å². The molecule has 0 atom stereocenters. The Morgan fingerprint density at radius 2 is 0.889 bits per heavy atom. The van der Waals surface area contributed by atoms with Crippen LogP contribution < -0.4 is 0 Å². The second kappa shape index (κ2) is 14.5. The Morgan fingerprint density at radius 3 is 1.59 bits per heavy atom. The van der Waals surface area contributed by atoms with Gasteiger partial charge in [-0.1, -0.05) is 159 Å². The maximum atomic E-state index is 5.34. The third-order valence-electron chi connectivity index (χ3n) is 12.9. The summed E-state index contributed by atoms with van der Waals surface area (Å²) >= 11 is 0. The van der Waals surface area contributed by atoms with Gasteiger partial charge in [-0.2, -0.15) is 0 Å². The lowest BCUT2D eigenvalue weighted by Crippen LogP contribution is -2.15. The van der Waals surface area contributed by atoms with E-state index in [9.17, 15) is 0 Å². The molecule has 4 heteroatoms. The zero-order chi connectivity index (χ0) is 42.1. The van der Waals surface area contributed by atoms with E-state index < -0.39 is 0 Å². The first-order chi connectivity index (χ1) is 30.9. The number of hydrogen-bond donors (Lipinski definition) is 0. The highest BCUT2D eigenvalue weighted by atomic mass is 15.0. The molecule has 0 fully saturated rings. The summed E-state index contributed by atoms with van der Waals surface area (Å²) in [5, 5.41) is 7.07. The molecular weight excluding hydrogens is 765 g/mol. The van der Waals surface area contributed by atoms with Crippen molar-refractivity contribution in [3.8, 4) is 78.8 Å². The van der Waals surface area contributed by atoms with E-state index >= 15 is 0 Å². The molecule has 1 aliphatic rings. The number of hydrogen-bond acceptors (Lipinski definition) is 4. The Kier molecular flexibility index (Phi) is 8.48. The quantitative estimate of drug-likeness (QED) is 0.168. The summed E-state index contributed by atoms with van der Waals surface area (Å²) in [6, 6.07) is 71.5. The van der Waals surface area contributed by atoms with E-state index in [1.165, 1.54) is 49.4 Å². The van der Waals surface area contributed by atoms with E-state index in [-0.39, 0.29) is 5.41 Å². The minimum absolute atomic E-state index is 0.181. The number of pyridine rings is 1. The van der Waals surface area contributed by atoms with Gasteiger partial charge in [0.15, 0.2) is 17.5 Å². The smallest absolute Gasteiger partial charge is 0.164 e. The summed E-state index contributed by atoms with van der Waals surface area (Å²) in [6.45, 7) is 4.71. The Balaban J connectivity index is 1.12. The first-order valence-corrected chi connectivity index (χ1v) is 21.5. The second-order valence-electron chi connectivity index (χ2n) is 17.1. The van der Waals surface area contributed by atoms with Crippen LogP contribution in [0.25, 0.3) is 111 Å². The molecule has 11 aromatic rings. The maximum absolute atomic E-state index is 5.34. The molecule has 4 nitrogen and oxygen atoms in total. The van der Waals surface area contributed by atoms with Gasteiger partial charge in [0, 0.05) is 33.9 Å². The normalized spacial score (nSPS) is 12.7. The molecule has 2 aromatic heterocycles. The van der Waals surface area contributed by atoms with Gasteiger partial charge < -0.3 is 0 Å². The minimum atomic E-state index is -0.181. The molecule has 0 saturated carbocycles. The van der Waals surface area contributed by atoms with Crippen LogP contribution in [0.15, 0.2) is 206 Å². The van der Waals surface area contributed by atoms with E-state index in [1.807, 2.05) is 18.3 Å². The SMILES string of the molecule is CC1(C)c2ccccc2-c2c1cc(-c1cc(-c3cccc(-c4ccccn4)c3)cc(-c3nc(-c4ccc5ccccc5c4)nc(-c4ccc5ccccc5c4)n3)c1)c1ccccc21. The average molecular weight is 805 g/mol. The summed E-state index contributed by atoms with van der Waals surface area (Å²) in [6.07, 6.45) is 1.85. The molecule has 0 radical (unpaired) electrons. The Bertz CT molecular complexity index is 3510. The van der Waals surface area contributed by atoms with Crippen molar-refractivity contribution in [2.45, 2.75) is 19.3 Å². The minimum Gasteiger partial charge on any atom is -0.256 e. The van der Waals surface area contributed by atoms with Crippen LogP contribution in [0.2, 0.25) is 0 Å². The Labute approximate surface area is 366 Å². The van der Waals surface area contributed by atoms with Crippen molar-refractivity contribution in [2.24, 2.45) is 0 Å². The summed E-state index contributed by atoms with van der Waals surface area (Å²) < 4.78 is 0. The van der Waals surface area contributed by atoms with E-state index in [1.54, 1.807) is 0 Å². The third-order valence-corrected chi connectivity index (χ3v) is 12.9. The van der Waals surface area contributed by atoms with Crippen molar-refractivity contribution in [2.75, 3.05) is 0 Å². The predicted molar refractivity (Wildman–Crippen MR) is 260 cm³/mol. The van der Waals surface area contributed by atoms with Crippen molar-refractivity contribution in [3.63, 3.8) is 0 Å². The molecule has 0 N–H and O–H groups in total. The third kappa shape index (κ3) is 6.30. The molecule has 0 amide bonds. The number of nitrogens with zero attached hydrogens (tertiary/aromatic N) is 4. The fourth-order valence-corrected chi connectivity index (χ4v) is 9.68. The largest absolute Gasteiger partial charge is 0.256 e. The number of aromatic nitrogens is 4. The van der Waals surface area contributed by atoms with Gasteiger partial charge in [0.2, 0.25) is 0 Å². The molecule has 0 spiro atoms. The second-order valence-corrected chi connectivity index (χ2v) is 17.1. The molecule has 296 valence electrons. The van der Waals surface area contributed by atoms with Crippen LogP contribution in [0.3, 0.4) is 0 Å². The van der Waals surface area contributed by atoms with Gasteiger partial charge in [-0.3, -0.25) is 4.98 Å². The van der Waals surface area contributed by atoms with Crippen molar-refractivity contribution in [1.29, 1.82) is 0 Å². The van der Waals surface area contributed by atoms with E-state index in [4.69, 9.17) is 19.9 Å². The molecule has 0 aliphatic heterocycles. The molecule has 9 aromatic carbocycles. The monoisotopic (exact) mass is 804 g/mol. The van der Waals surface area contributed by atoms with Crippen LogP contribution in [0.1, 0.15) is 25.0 Å². The zero-order valence-electron chi connectivity index (χ0n) is 34.9. The standard InChI is InChI=1S/C59H40N4/c1-59(2)52-23-10-9-22-50(52)55-49-21-8-7-20-48(49)51(36-53(55)59)46-33-45(41-18-13-19-42(30-41)54-24-11-12-29-60-54)34-47(35-46)58-62-56(43-27-25-37-14-3-5-16-39(37)31-43)61-57(63-58)44-28-26-38-15-4-6-17-40(38)32-44/h3-36H,1-2H3. The van der Waals surface area contributed by atoms with Crippen LogP contribution >= 0.6 is 0 Å². The number of fused-ring (bicyclic) bond motifs is 7. The van der Waals surface area contributed by atoms with E-state index in [2.05, 4.69) is 202 Å². The number of rotatable bonds is 6. The highest BCUT2D eigenvalue weighted by Crippen LogP contribution is 2.53. The molecule has 1 aliphatic carbocycles. The summed E-state index contributed by atoms with van der Waals surface area (Å²) in [4.78, 5) is 20.6. The van der Waals surface area contributed by atoms with E-state index in [0.29, 0.717) is 17.5 Å². The fraction of sp³-hybridized carbons (Fsp3) is 0.0508. The van der Waals surface area contributed by atoms with Crippen LogP contribution in [0.4, 0.5) is 0 Å². The molecule has 0 unspecified atom stereocenters. The highest BCUT2D eigenvalue weighted by Gasteiger charge is 2.37. The van der Waals surface area contributed by atoms with Crippen LogP contribution in [0, 0.1) is 0 Å². The molecule has 63 heavy (non-hydrogen) atoms. The Hall–Kier alpha value is -8.08. The van der Waals surface area contributed by atoms with Gasteiger partial charge >= 0.3 is 0 Å². The average Bonchev–Trinajstić information content (AvgIpc) is 3.59. The first-order valence-electron chi connectivity index (χ1n) is 21.5. The lowest BCUT2D eigenvalue weighted by molar-refractivity contribution is 0.661. The molecule has 2 heterocycles. The first kappa shape index (κ1) is 36.7. The fourth-order valence-electron chi connectivity index (χ4n) is 9.68. The van der Waals surface area contributed by atoms with Gasteiger partial charge in [-0.15, -0.1) is 0 Å². The molecule has 12 rings (SSSR count). The van der Waals surface area contributed by atoms with Gasteiger partial charge in [-0.05, 0) is 131 Å². The van der Waals surface area contributed by atoms with Crippen LogP contribution in [-0.2, 0) is 5.41 Å². The number of benzene rings is 9. The Morgan fingerprint density at radius 1 is 0.333 bits per heavy atom. The van der Waals surface area contributed by atoms with Crippen molar-refractivity contribution in [3.05, 3.63) is 218 Å². The summed E-state index contributed by atoms with van der Waals surface area (Å²) in [5.74, 6) is 1.86. The van der Waals surface area contributed by atoms with Gasteiger partial charge in [-0.25, -0.2) is 15.0 Å². The van der Waals surface area contributed by atoms with Crippen LogP contribution in [-0.4, -0.2) is 19.9 Å².